The number of nitrogens with one attached hydrogen (secondary N) is 2. The van der Waals surface area contributed by atoms with Crippen molar-refractivity contribution in [3.63, 3.8) is 0 Å². The van der Waals surface area contributed by atoms with Crippen molar-refractivity contribution in [3.8, 4) is 5.75 Å². The lowest BCUT2D eigenvalue weighted by Crippen LogP contribution is -2.41. The van der Waals surface area contributed by atoms with E-state index in [1.54, 1.807) is 0 Å². The first-order valence-electron chi connectivity index (χ1n) is 8.18. The van der Waals surface area contributed by atoms with Crippen LogP contribution in [0.1, 0.15) is 17.5 Å². The molecule has 0 aromatic heterocycles. The van der Waals surface area contributed by atoms with Gasteiger partial charge in [-0.1, -0.05) is 42.5 Å². The van der Waals surface area contributed by atoms with E-state index in [-0.39, 0.29) is 0 Å². The summed E-state index contributed by atoms with van der Waals surface area (Å²) in [5, 5.41) is 6.61. The van der Waals surface area contributed by atoms with E-state index in [2.05, 4.69) is 39.9 Å². The quantitative estimate of drug-likeness (QED) is 0.862. The van der Waals surface area contributed by atoms with E-state index in [0.29, 0.717) is 6.61 Å². The zero-order chi connectivity index (χ0) is 15.7. The van der Waals surface area contributed by atoms with Crippen LogP contribution in [-0.2, 0) is 13.0 Å². The Balaban J connectivity index is 1.48. The molecule has 1 aliphatic heterocycles. The Morgan fingerprint density at radius 2 is 1.91 bits per heavy atom. The molecule has 0 saturated carbocycles. The highest BCUT2D eigenvalue weighted by Crippen LogP contribution is 2.15. The Morgan fingerprint density at radius 3 is 2.74 bits per heavy atom. The number of benzene rings is 2. The van der Waals surface area contributed by atoms with Crippen molar-refractivity contribution in [2.45, 2.75) is 19.4 Å². The Morgan fingerprint density at radius 1 is 1.04 bits per heavy atom. The molecule has 23 heavy (non-hydrogen) atoms. The summed E-state index contributed by atoms with van der Waals surface area (Å²) >= 11 is 0. The van der Waals surface area contributed by atoms with E-state index in [0.717, 1.165) is 44.2 Å². The van der Waals surface area contributed by atoms with Gasteiger partial charge in [-0.2, -0.15) is 0 Å². The highest BCUT2D eigenvalue weighted by Gasteiger charge is 2.03. The van der Waals surface area contributed by atoms with Gasteiger partial charge in [0.15, 0.2) is 5.96 Å². The molecule has 2 aromatic rings. The minimum atomic E-state index is 0.600. The molecule has 4 heteroatoms. The molecule has 2 aromatic carbocycles. The average Bonchev–Trinajstić information content (AvgIpc) is 2.62. The van der Waals surface area contributed by atoms with Crippen molar-refractivity contribution < 1.29 is 4.74 Å². The van der Waals surface area contributed by atoms with Gasteiger partial charge >= 0.3 is 0 Å². The van der Waals surface area contributed by atoms with Crippen molar-refractivity contribution in [1.29, 1.82) is 0 Å². The standard InChI is InChI=1S/C19H23N3O/c1-2-6-17(7-3-1)15-23-18-9-4-8-16(14-18)10-13-22-19-20-11-5-12-21-19/h1-4,6-9,14H,5,10-13,15H2,(H2,20,21,22). The van der Waals surface area contributed by atoms with E-state index < -0.39 is 0 Å². The van der Waals surface area contributed by atoms with Crippen LogP contribution in [0.2, 0.25) is 0 Å². The third-order valence-electron chi connectivity index (χ3n) is 3.75. The van der Waals surface area contributed by atoms with E-state index in [1.165, 1.54) is 11.1 Å². The summed E-state index contributed by atoms with van der Waals surface area (Å²) < 4.78 is 5.87. The number of ether oxygens (including phenoxy) is 1. The molecule has 0 atom stereocenters. The van der Waals surface area contributed by atoms with Gasteiger partial charge in [-0.3, -0.25) is 4.99 Å². The summed E-state index contributed by atoms with van der Waals surface area (Å²) in [5.41, 5.74) is 2.44. The van der Waals surface area contributed by atoms with Crippen molar-refractivity contribution in [3.05, 3.63) is 65.7 Å². The highest BCUT2D eigenvalue weighted by atomic mass is 16.5. The van der Waals surface area contributed by atoms with Crippen LogP contribution in [0.25, 0.3) is 0 Å². The molecule has 0 bridgehead atoms. The lowest BCUT2D eigenvalue weighted by molar-refractivity contribution is 0.306. The first kappa shape index (κ1) is 15.4. The van der Waals surface area contributed by atoms with E-state index in [1.807, 2.05) is 30.3 Å². The topological polar surface area (TPSA) is 45.6 Å². The van der Waals surface area contributed by atoms with Crippen LogP contribution in [-0.4, -0.2) is 25.6 Å². The smallest absolute Gasteiger partial charge is 0.191 e. The maximum atomic E-state index is 5.87. The van der Waals surface area contributed by atoms with Gasteiger partial charge in [0.05, 0.1) is 0 Å². The first-order valence-corrected chi connectivity index (χ1v) is 8.18. The highest BCUT2D eigenvalue weighted by molar-refractivity contribution is 5.80. The van der Waals surface area contributed by atoms with Gasteiger partial charge in [0, 0.05) is 19.6 Å². The molecule has 0 spiro atoms. The SMILES string of the molecule is c1ccc(COc2cccc(CCNC3=NCCCN3)c2)cc1. The zero-order valence-electron chi connectivity index (χ0n) is 13.3. The Kier molecular flexibility index (Phi) is 5.51. The number of hydrogen-bond acceptors (Lipinski definition) is 4. The van der Waals surface area contributed by atoms with Gasteiger partial charge < -0.3 is 15.4 Å². The van der Waals surface area contributed by atoms with Crippen LogP contribution in [0.5, 0.6) is 5.75 Å². The number of aliphatic imine (C=N–C) groups is 1. The third kappa shape index (κ3) is 5.02. The minimum Gasteiger partial charge on any atom is -0.489 e. The fraction of sp³-hybridized carbons (Fsp3) is 0.316. The van der Waals surface area contributed by atoms with Crippen LogP contribution in [0.15, 0.2) is 59.6 Å². The van der Waals surface area contributed by atoms with Crippen molar-refractivity contribution in [2.75, 3.05) is 19.6 Å². The Labute approximate surface area is 137 Å². The minimum absolute atomic E-state index is 0.600. The third-order valence-corrected chi connectivity index (χ3v) is 3.75. The molecule has 0 saturated heterocycles. The zero-order valence-corrected chi connectivity index (χ0v) is 13.3. The molecule has 120 valence electrons. The summed E-state index contributed by atoms with van der Waals surface area (Å²) in [4.78, 5) is 4.41. The molecule has 2 N–H and O–H groups in total. The fourth-order valence-corrected chi connectivity index (χ4v) is 2.51. The number of nitrogens with zero attached hydrogens (tertiary/aromatic N) is 1. The summed E-state index contributed by atoms with van der Waals surface area (Å²) in [5.74, 6) is 1.84. The molecule has 3 rings (SSSR count). The fourth-order valence-electron chi connectivity index (χ4n) is 2.51. The van der Waals surface area contributed by atoms with E-state index >= 15 is 0 Å². The summed E-state index contributed by atoms with van der Waals surface area (Å²) in [7, 11) is 0. The van der Waals surface area contributed by atoms with Crippen LogP contribution < -0.4 is 15.4 Å². The Bertz CT molecular complexity index is 640. The lowest BCUT2D eigenvalue weighted by Gasteiger charge is -2.16. The van der Waals surface area contributed by atoms with Crippen LogP contribution in [0.3, 0.4) is 0 Å². The summed E-state index contributed by atoms with van der Waals surface area (Å²) in [6, 6.07) is 18.5. The maximum Gasteiger partial charge on any atom is 0.191 e. The Hall–Kier alpha value is -2.49. The molecule has 0 aliphatic carbocycles. The van der Waals surface area contributed by atoms with Gasteiger partial charge in [0.25, 0.3) is 0 Å². The molecule has 1 aliphatic rings. The molecule has 4 nitrogen and oxygen atoms in total. The van der Waals surface area contributed by atoms with Crippen LogP contribution in [0.4, 0.5) is 0 Å². The van der Waals surface area contributed by atoms with Gasteiger partial charge in [-0.25, -0.2) is 0 Å². The van der Waals surface area contributed by atoms with E-state index in [9.17, 15) is 0 Å². The van der Waals surface area contributed by atoms with Crippen LogP contribution in [0, 0.1) is 0 Å². The number of rotatable bonds is 6. The second-order valence-corrected chi connectivity index (χ2v) is 5.61. The van der Waals surface area contributed by atoms with Gasteiger partial charge in [0.2, 0.25) is 0 Å². The first-order chi connectivity index (χ1) is 11.4. The second-order valence-electron chi connectivity index (χ2n) is 5.61. The maximum absolute atomic E-state index is 5.87. The normalized spacial score (nSPS) is 13.8. The predicted octanol–water partition coefficient (Wildman–Crippen LogP) is 2.75. The second kappa shape index (κ2) is 8.22. The molecular weight excluding hydrogens is 286 g/mol. The summed E-state index contributed by atoms with van der Waals surface area (Å²) in [6.45, 7) is 3.39. The molecule has 0 radical (unpaired) electrons. The number of hydrogen-bond donors (Lipinski definition) is 2. The number of guanidine groups is 1. The lowest BCUT2D eigenvalue weighted by atomic mass is 10.1. The molecule has 0 amide bonds. The monoisotopic (exact) mass is 309 g/mol. The molecule has 1 heterocycles. The van der Waals surface area contributed by atoms with Crippen molar-refractivity contribution in [2.24, 2.45) is 4.99 Å². The average molecular weight is 309 g/mol. The predicted molar refractivity (Wildman–Crippen MR) is 93.8 cm³/mol. The summed E-state index contributed by atoms with van der Waals surface area (Å²) in [6.07, 6.45) is 2.06. The van der Waals surface area contributed by atoms with E-state index in [4.69, 9.17) is 4.74 Å². The van der Waals surface area contributed by atoms with Gasteiger partial charge in [0.1, 0.15) is 12.4 Å². The largest absolute Gasteiger partial charge is 0.489 e. The van der Waals surface area contributed by atoms with Crippen molar-refractivity contribution >= 4 is 5.96 Å². The van der Waals surface area contributed by atoms with Gasteiger partial charge in [-0.15, -0.1) is 0 Å². The van der Waals surface area contributed by atoms with Crippen LogP contribution >= 0.6 is 0 Å². The van der Waals surface area contributed by atoms with Gasteiger partial charge in [-0.05, 0) is 36.1 Å². The molecular formula is C19H23N3O. The molecule has 0 fully saturated rings. The molecule has 0 unspecified atom stereocenters. The van der Waals surface area contributed by atoms with Crippen molar-refractivity contribution in [1.82, 2.24) is 10.6 Å².